The third-order valence-corrected chi connectivity index (χ3v) is 4.48. The van der Waals surface area contributed by atoms with Crippen LogP contribution in [0.5, 0.6) is 11.5 Å². The summed E-state index contributed by atoms with van der Waals surface area (Å²) in [5, 5.41) is 18.1. The largest absolute Gasteiger partial charge is 0.493 e. The monoisotopic (exact) mass is 384 g/mol. The van der Waals surface area contributed by atoms with Crippen LogP contribution in [0.25, 0.3) is 0 Å². The number of hydrogen-bond donors (Lipinski definition) is 2. The SMILES string of the molecule is CC(C)(CCCOc1ccc(OCCCC(C)(C)C(=O)O)c(F)c1)C(=O)O. The van der Waals surface area contributed by atoms with Crippen molar-refractivity contribution in [2.45, 2.75) is 53.4 Å². The zero-order valence-corrected chi connectivity index (χ0v) is 16.4. The molecular formula is C20H29FO6. The van der Waals surface area contributed by atoms with Crippen LogP contribution in [0.1, 0.15) is 53.4 Å². The lowest BCUT2D eigenvalue weighted by molar-refractivity contribution is -0.148. The minimum Gasteiger partial charge on any atom is -0.493 e. The molecule has 6 nitrogen and oxygen atoms in total. The fourth-order valence-corrected chi connectivity index (χ4v) is 2.30. The highest BCUT2D eigenvalue weighted by atomic mass is 19.1. The lowest BCUT2D eigenvalue weighted by Crippen LogP contribution is -2.24. The normalized spacial score (nSPS) is 11.9. The second-order valence-corrected chi connectivity index (χ2v) is 7.87. The van der Waals surface area contributed by atoms with Crippen molar-refractivity contribution >= 4 is 11.9 Å². The van der Waals surface area contributed by atoms with E-state index in [2.05, 4.69) is 0 Å². The van der Waals surface area contributed by atoms with Gasteiger partial charge in [-0.05, 0) is 65.5 Å². The van der Waals surface area contributed by atoms with Crippen molar-refractivity contribution < 1.29 is 33.7 Å². The molecule has 0 heterocycles. The van der Waals surface area contributed by atoms with Crippen LogP contribution in [-0.4, -0.2) is 35.4 Å². The van der Waals surface area contributed by atoms with Gasteiger partial charge < -0.3 is 19.7 Å². The van der Waals surface area contributed by atoms with Crippen LogP contribution < -0.4 is 9.47 Å². The maximum absolute atomic E-state index is 14.1. The molecule has 27 heavy (non-hydrogen) atoms. The van der Waals surface area contributed by atoms with Crippen molar-refractivity contribution in [2.75, 3.05) is 13.2 Å². The van der Waals surface area contributed by atoms with Crippen LogP contribution in [0.2, 0.25) is 0 Å². The Balaban J connectivity index is 2.41. The highest BCUT2D eigenvalue weighted by molar-refractivity contribution is 5.73. The lowest BCUT2D eigenvalue weighted by Gasteiger charge is -2.19. The second-order valence-electron chi connectivity index (χ2n) is 7.87. The molecule has 0 radical (unpaired) electrons. The molecule has 0 atom stereocenters. The van der Waals surface area contributed by atoms with Gasteiger partial charge in [0, 0.05) is 6.07 Å². The number of hydrogen-bond acceptors (Lipinski definition) is 4. The molecule has 0 aliphatic rings. The number of carbonyl (C=O) groups is 2. The van der Waals surface area contributed by atoms with Crippen molar-refractivity contribution in [3.8, 4) is 11.5 Å². The van der Waals surface area contributed by atoms with Crippen LogP contribution in [0.15, 0.2) is 18.2 Å². The fraction of sp³-hybridized carbons (Fsp3) is 0.600. The predicted octanol–water partition coefficient (Wildman–Crippen LogP) is 4.37. The van der Waals surface area contributed by atoms with Crippen molar-refractivity contribution in [3.63, 3.8) is 0 Å². The molecule has 1 aromatic carbocycles. The number of halogens is 1. The Morgan fingerprint density at radius 3 is 1.85 bits per heavy atom. The first-order valence-corrected chi connectivity index (χ1v) is 8.98. The summed E-state index contributed by atoms with van der Waals surface area (Å²) in [6.07, 6.45) is 1.92. The summed E-state index contributed by atoms with van der Waals surface area (Å²) in [6, 6.07) is 4.27. The van der Waals surface area contributed by atoms with Crippen LogP contribution in [0.3, 0.4) is 0 Å². The molecule has 0 bridgehead atoms. The summed E-state index contributed by atoms with van der Waals surface area (Å²) in [7, 11) is 0. The average Bonchev–Trinajstić information content (AvgIpc) is 2.56. The van der Waals surface area contributed by atoms with Crippen LogP contribution in [0.4, 0.5) is 4.39 Å². The first kappa shape index (κ1) is 22.7. The molecular weight excluding hydrogens is 355 g/mol. The maximum Gasteiger partial charge on any atom is 0.309 e. The van der Waals surface area contributed by atoms with Crippen molar-refractivity contribution in [1.82, 2.24) is 0 Å². The first-order chi connectivity index (χ1) is 12.5. The maximum atomic E-state index is 14.1. The number of aliphatic carboxylic acids is 2. The van der Waals surface area contributed by atoms with E-state index in [0.717, 1.165) is 0 Å². The van der Waals surface area contributed by atoms with Crippen molar-refractivity contribution in [3.05, 3.63) is 24.0 Å². The van der Waals surface area contributed by atoms with E-state index in [-0.39, 0.29) is 12.4 Å². The number of carboxylic acid groups (broad SMARTS) is 2. The van der Waals surface area contributed by atoms with Gasteiger partial charge in [-0.2, -0.15) is 0 Å². The number of rotatable bonds is 12. The quantitative estimate of drug-likeness (QED) is 0.520. The standard InChI is InChI=1S/C20H29FO6/c1-19(2,17(22)23)9-5-11-26-14-7-8-16(15(21)13-14)27-12-6-10-20(3,4)18(24)25/h7-8,13H,5-6,9-12H2,1-4H3,(H,22,23)(H,24,25). The van der Waals surface area contributed by atoms with E-state index in [1.807, 2.05) is 0 Å². The molecule has 0 unspecified atom stereocenters. The lowest BCUT2D eigenvalue weighted by atomic mass is 9.88. The summed E-state index contributed by atoms with van der Waals surface area (Å²) < 4.78 is 24.9. The zero-order chi connectivity index (χ0) is 20.7. The summed E-state index contributed by atoms with van der Waals surface area (Å²) in [5.74, 6) is -1.86. The van der Waals surface area contributed by atoms with Gasteiger partial charge in [0.2, 0.25) is 0 Å². The summed E-state index contributed by atoms with van der Waals surface area (Å²) in [5.41, 5.74) is -1.66. The van der Waals surface area contributed by atoms with E-state index in [1.165, 1.54) is 12.1 Å². The Morgan fingerprint density at radius 1 is 0.926 bits per heavy atom. The van der Waals surface area contributed by atoms with E-state index < -0.39 is 28.6 Å². The Morgan fingerprint density at radius 2 is 1.41 bits per heavy atom. The highest BCUT2D eigenvalue weighted by Crippen LogP contribution is 2.26. The van der Waals surface area contributed by atoms with Crippen LogP contribution in [-0.2, 0) is 9.59 Å². The number of ether oxygens (including phenoxy) is 2. The smallest absolute Gasteiger partial charge is 0.309 e. The molecule has 0 saturated carbocycles. The van der Waals surface area contributed by atoms with Gasteiger partial charge in [-0.25, -0.2) is 4.39 Å². The molecule has 0 spiro atoms. The minimum atomic E-state index is -0.873. The molecule has 0 aromatic heterocycles. The Kier molecular flexibility index (Phi) is 8.06. The van der Waals surface area contributed by atoms with Gasteiger partial charge in [0.1, 0.15) is 5.75 Å². The third-order valence-electron chi connectivity index (χ3n) is 4.48. The summed E-state index contributed by atoms with van der Waals surface area (Å²) >= 11 is 0. The Bertz CT molecular complexity index is 654. The topological polar surface area (TPSA) is 93.1 Å². The summed E-state index contributed by atoms with van der Waals surface area (Å²) in [4.78, 5) is 22.1. The van der Waals surface area contributed by atoms with Crippen LogP contribution >= 0.6 is 0 Å². The van der Waals surface area contributed by atoms with E-state index in [4.69, 9.17) is 19.7 Å². The highest BCUT2D eigenvalue weighted by Gasteiger charge is 2.27. The number of carboxylic acids is 2. The predicted molar refractivity (Wildman–Crippen MR) is 98.7 cm³/mol. The van der Waals surface area contributed by atoms with Crippen LogP contribution in [0, 0.1) is 16.6 Å². The van der Waals surface area contributed by atoms with E-state index >= 15 is 0 Å². The molecule has 7 heteroatoms. The molecule has 0 fully saturated rings. The van der Waals surface area contributed by atoms with Gasteiger partial charge >= 0.3 is 11.9 Å². The van der Waals surface area contributed by atoms with Gasteiger partial charge in [0.25, 0.3) is 0 Å². The van der Waals surface area contributed by atoms with E-state index in [9.17, 15) is 14.0 Å². The average molecular weight is 384 g/mol. The van der Waals surface area contributed by atoms with Gasteiger partial charge in [0.15, 0.2) is 11.6 Å². The third kappa shape index (κ3) is 7.45. The fourth-order valence-electron chi connectivity index (χ4n) is 2.30. The van der Waals surface area contributed by atoms with Gasteiger partial charge in [-0.3, -0.25) is 9.59 Å². The molecule has 0 aliphatic carbocycles. The Hall–Kier alpha value is -2.31. The molecule has 152 valence electrons. The van der Waals surface area contributed by atoms with Crippen molar-refractivity contribution in [1.29, 1.82) is 0 Å². The molecule has 1 aromatic rings. The van der Waals surface area contributed by atoms with Crippen molar-refractivity contribution in [2.24, 2.45) is 10.8 Å². The molecule has 2 N–H and O–H groups in total. The zero-order valence-electron chi connectivity index (χ0n) is 16.4. The molecule has 0 aliphatic heterocycles. The van der Waals surface area contributed by atoms with Gasteiger partial charge in [-0.1, -0.05) is 0 Å². The number of benzene rings is 1. The minimum absolute atomic E-state index is 0.0856. The van der Waals surface area contributed by atoms with E-state index in [1.54, 1.807) is 33.8 Å². The Labute approximate surface area is 159 Å². The first-order valence-electron chi connectivity index (χ1n) is 8.98. The van der Waals surface area contributed by atoms with E-state index in [0.29, 0.717) is 38.0 Å². The summed E-state index contributed by atoms with van der Waals surface area (Å²) in [6.45, 7) is 7.09. The second kappa shape index (κ2) is 9.58. The molecule has 0 saturated heterocycles. The van der Waals surface area contributed by atoms with Gasteiger partial charge in [0.05, 0.1) is 24.0 Å². The van der Waals surface area contributed by atoms with Gasteiger partial charge in [-0.15, -0.1) is 0 Å². The molecule has 0 amide bonds. The molecule has 1 rings (SSSR count).